The predicted octanol–water partition coefficient (Wildman–Crippen LogP) is 3.43. The molecule has 0 spiro atoms. The molecule has 0 bridgehead atoms. The summed E-state index contributed by atoms with van der Waals surface area (Å²) in [5, 5.41) is 0. The van der Waals surface area contributed by atoms with Crippen LogP contribution in [-0.2, 0) is 0 Å². The quantitative estimate of drug-likeness (QED) is 0.530. The molecule has 0 nitrogen and oxygen atoms in total. The van der Waals surface area contributed by atoms with Gasteiger partial charge in [0.15, 0.2) is 0 Å². The van der Waals surface area contributed by atoms with Gasteiger partial charge in [0.25, 0.3) is 0 Å². The Morgan fingerprint density at radius 3 is 2.00 bits per heavy atom. The Morgan fingerprint density at radius 2 is 1.67 bits per heavy atom. The Balaban J connectivity index is 3.41. The van der Waals surface area contributed by atoms with Crippen molar-refractivity contribution in [1.29, 1.82) is 0 Å². The van der Waals surface area contributed by atoms with Gasteiger partial charge in [0.2, 0.25) is 0 Å². The second kappa shape index (κ2) is 6.29. The number of rotatable bonds is 4. The highest BCUT2D eigenvalue weighted by Crippen LogP contribution is 2.35. The third-order valence-corrected chi connectivity index (χ3v) is 3.62. The second-order valence-corrected chi connectivity index (χ2v) is 4.75. The van der Waals surface area contributed by atoms with Crippen molar-refractivity contribution in [3.8, 4) is 0 Å². The molecule has 54 valence electrons. The zero-order chi connectivity index (χ0) is 7.11. The van der Waals surface area contributed by atoms with E-state index in [4.69, 9.17) is 0 Å². The smallest absolute Gasteiger partial charge is 0.0320 e. The summed E-state index contributed by atoms with van der Waals surface area (Å²) in [5.41, 5.74) is 0. The van der Waals surface area contributed by atoms with Gasteiger partial charge in [-0.25, -0.2) is 0 Å². The van der Waals surface area contributed by atoms with E-state index in [1.807, 2.05) is 0 Å². The Bertz CT molecular complexity index is 72.6. The van der Waals surface area contributed by atoms with Crippen LogP contribution < -0.4 is 0 Å². The van der Waals surface area contributed by atoms with Crippen molar-refractivity contribution in [3.63, 3.8) is 0 Å². The lowest BCUT2D eigenvalue weighted by Crippen LogP contribution is -1.76. The minimum Gasteiger partial charge on any atom is -0.0843 e. The average Bonchev–Trinajstić information content (AvgIpc) is 1.91. The molecule has 0 amide bonds. The van der Waals surface area contributed by atoms with Crippen molar-refractivity contribution in [3.05, 3.63) is 11.9 Å². The predicted molar refractivity (Wildman–Crippen MR) is 47.4 cm³/mol. The van der Waals surface area contributed by atoms with Crippen LogP contribution in [0.15, 0.2) is 11.9 Å². The van der Waals surface area contributed by atoms with E-state index in [-0.39, 0.29) is 7.92 Å². The molecule has 0 aromatic rings. The molecule has 0 unspecified atom stereocenters. The molecule has 0 aromatic carbocycles. The highest BCUT2D eigenvalue weighted by atomic mass is 31.1. The van der Waals surface area contributed by atoms with Gasteiger partial charge in [-0.15, -0.1) is 0 Å². The van der Waals surface area contributed by atoms with Crippen LogP contribution in [-0.4, -0.2) is 12.3 Å². The zero-order valence-electron chi connectivity index (χ0n) is 6.72. The first-order valence-electron chi connectivity index (χ1n) is 3.75. The van der Waals surface area contributed by atoms with Gasteiger partial charge in [-0.3, -0.25) is 0 Å². The summed E-state index contributed by atoms with van der Waals surface area (Å²) in [4.78, 5) is 0. The highest BCUT2D eigenvalue weighted by molar-refractivity contribution is 7.60. The van der Waals surface area contributed by atoms with Crippen LogP contribution in [0.1, 0.15) is 27.2 Å². The van der Waals surface area contributed by atoms with E-state index in [9.17, 15) is 0 Å². The van der Waals surface area contributed by atoms with Crippen molar-refractivity contribution in [2.75, 3.05) is 12.3 Å². The van der Waals surface area contributed by atoms with Crippen LogP contribution in [0, 0.1) is 0 Å². The first-order chi connectivity index (χ1) is 4.35. The van der Waals surface area contributed by atoms with Crippen LogP contribution >= 0.6 is 7.92 Å². The molecule has 0 fully saturated rings. The zero-order valence-corrected chi connectivity index (χ0v) is 7.62. The van der Waals surface area contributed by atoms with Crippen molar-refractivity contribution in [1.82, 2.24) is 0 Å². The van der Waals surface area contributed by atoms with Gasteiger partial charge in [-0.05, 0) is 18.7 Å². The number of hydrogen-bond acceptors (Lipinski definition) is 0. The maximum absolute atomic E-state index is 2.40. The van der Waals surface area contributed by atoms with E-state index >= 15 is 0 Å². The third-order valence-electron chi connectivity index (χ3n) is 1.36. The Morgan fingerprint density at radius 1 is 1.11 bits per heavy atom. The summed E-state index contributed by atoms with van der Waals surface area (Å²) in [6.45, 7) is 6.74. The minimum atomic E-state index is 0.257. The molecular weight excluding hydrogens is 127 g/mol. The molecule has 0 saturated carbocycles. The Labute approximate surface area is 60.1 Å². The van der Waals surface area contributed by atoms with E-state index in [0.717, 1.165) is 0 Å². The summed E-state index contributed by atoms with van der Waals surface area (Å²) in [6, 6.07) is 0. The molecule has 0 atom stereocenters. The molecule has 0 aliphatic carbocycles. The van der Waals surface area contributed by atoms with Gasteiger partial charge in [0.05, 0.1) is 0 Å². The molecule has 0 aliphatic heterocycles. The lowest BCUT2D eigenvalue weighted by atomic mass is 10.5. The molecule has 0 aromatic heterocycles. The topological polar surface area (TPSA) is 0 Å². The summed E-state index contributed by atoms with van der Waals surface area (Å²) in [6.07, 6.45) is 6.18. The molecule has 0 N–H and O–H groups in total. The maximum atomic E-state index is 2.40. The lowest BCUT2D eigenvalue weighted by molar-refractivity contribution is 1.23. The molecule has 0 radical (unpaired) electrons. The fourth-order valence-electron chi connectivity index (χ4n) is 0.689. The standard InChI is InChI=1S/C8H17P/c1-4-7-8-9(5-2)6-3/h7-8H,4-6H2,1-3H3. The fraction of sp³-hybridized carbons (Fsp3) is 0.750. The molecule has 0 heterocycles. The largest absolute Gasteiger partial charge is 0.0843 e. The number of allylic oxidation sites excluding steroid dienone is 1. The molecule has 1 heteroatoms. The Kier molecular flexibility index (Phi) is 6.41. The maximum Gasteiger partial charge on any atom is -0.0320 e. The van der Waals surface area contributed by atoms with E-state index in [1.165, 1.54) is 18.7 Å². The summed E-state index contributed by atoms with van der Waals surface area (Å²) in [7, 11) is 0.257. The molecule has 0 rings (SSSR count). The lowest BCUT2D eigenvalue weighted by Gasteiger charge is -2.04. The van der Waals surface area contributed by atoms with Gasteiger partial charge in [0.1, 0.15) is 0 Å². The third kappa shape index (κ3) is 4.66. The minimum absolute atomic E-state index is 0.257. The fourth-order valence-corrected chi connectivity index (χ4v) is 2.07. The summed E-state index contributed by atoms with van der Waals surface area (Å²) >= 11 is 0. The van der Waals surface area contributed by atoms with Gasteiger partial charge in [0, 0.05) is 0 Å². The van der Waals surface area contributed by atoms with Gasteiger partial charge in [-0.1, -0.05) is 40.6 Å². The summed E-state index contributed by atoms with van der Waals surface area (Å²) < 4.78 is 0. The normalized spacial score (nSPS) is 11.6. The van der Waals surface area contributed by atoms with Crippen LogP contribution in [0.4, 0.5) is 0 Å². The van der Waals surface area contributed by atoms with Gasteiger partial charge >= 0.3 is 0 Å². The first kappa shape index (κ1) is 9.17. The number of hydrogen-bond donors (Lipinski definition) is 0. The van der Waals surface area contributed by atoms with Crippen LogP contribution in [0.25, 0.3) is 0 Å². The highest BCUT2D eigenvalue weighted by Gasteiger charge is 1.92. The van der Waals surface area contributed by atoms with E-state index in [0.29, 0.717) is 0 Å². The van der Waals surface area contributed by atoms with Crippen LogP contribution in [0.5, 0.6) is 0 Å². The second-order valence-electron chi connectivity index (χ2n) is 2.01. The molecule has 0 saturated heterocycles. The van der Waals surface area contributed by atoms with Crippen molar-refractivity contribution >= 4 is 7.92 Å². The summed E-state index contributed by atoms with van der Waals surface area (Å²) in [5.74, 6) is 2.40. The van der Waals surface area contributed by atoms with Gasteiger partial charge < -0.3 is 0 Å². The van der Waals surface area contributed by atoms with Crippen LogP contribution in [0.3, 0.4) is 0 Å². The molecule has 0 aliphatic rings. The first-order valence-corrected chi connectivity index (χ1v) is 5.53. The van der Waals surface area contributed by atoms with E-state index in [2.05, 4.69) is 32.7 Å². The van der Waals surface area contributed by atoms with Gasteiger partial charge in [-0.2, -0.15) is 0 Å². The van der Waals surface area contributed by atoms with Crippen molar-refractivity contribution in [2.24, 2.45) is 0 Å². The van der Waals surface area contributed by atoms with Crippen molar-refractivity contribution in [2.45, 2.75) is 27.2 Å². The molecule has 9 heavy (non-hydrogen) atoms. The van der Waals surface area contributed by atoms with Crippen molar-refractivity contribution < 1.29 is 0 Å². The van der Waals surface area contributed by atoms with Crippen LogP contribution in [0.2, 0.25) is 0 Å². The van der Waals surface area contributed by atoms with E-state index < -0.39 is 0 Å². The molecular formula is C8H17P. The Hall–Kier alpha value is 0.170. The average molecular weight is 144 g/mol. The van der Waals surface area contributed by atoms with E-state index in [1.54, 1.807) is 0 Å². The monoisotopic (exact) mass is 144 g/mol. The SMILES string of the molecule is CCC=CP(CC)CC.